The number of imidazole rings is 1. The Morgan fingerprint density at radius 2 is 1.77 bits per heavy atom. The van der Waals surface area contributed by atoms with E-state index in [1.807, 2.05) is 29.1 Å². The lowest BCUT2D eigenvalue weighted by molar-refractivity contribution is -0.135. The Hall–Kier alpha value is -5.57. The van der Waals surface area contributed by atoms with Crippen LogP contribution in [-0.2, 0) is 16.6 Å². The maximum absolute atomic E-state index is 14.3. The molecule has 0 bridgehead atoms. The molecule has 1 unspecified atom stereocenters. The SMILES string of the molecule is COc1cc2nn([C@H]3CC[C@H](CN(C)C4CCN(c5cccc6c5n(C)c(=O)n6C5CCC(=O)NC5=O)CC4)CC3)cc2cc1NC(=O)c1cc(F)ccc1F. The van der Waals surface area contributed by atoms with Crippen LogP contribution in [-0.4, -0.2) is 81.4 Å². The summed E-state index contributed by atoms with van der Waals surface area (Å²) in [6.07, 6.45) is 8.61. The van der Waals surface area contributed by atoms with Crippen molar-refractivity contribution >= 4 is 51.0 Å². The second-order valence-electron chi connectivity index (χ2n) is 15.5. The maximum Gasteiger partial charge on any atom is 0.329 e. The molecule has 0 radical (unpaired) electrons. The van der Waals surface area contributed by atoms with E-state index in [1.165, 1.54) is 7.11 Å². The fourth-order valence-corrected chi connectivity index (χ4v) is 8.98. The third-order valence-corrected chi connectivity index (χ3v) is 12.0. The monoisotopic (exact) mass is 768 g/mol. The molecule has 0 spiro atoms. The Kier molecular flexibility index (Phi) is 10.1. The third-order valence-electron chi connectivity index (χ3n) is 12.0. The number of nitrogens with zero attached hydrogens (tertiary/aromatic N) is 6. The summed E-state index contributed by atoms with van der Waals surface area (Å²) in [6.45, 7) is 2.72. The number of carbonyl (C=O) groups excluding carboxylic acids is 3. The van der Waals surface area contributed by atoms with Crippen LogP contribution in [0.3, 0.4) is 0 Å². The van der Waals surface area contributed by atoms with E-state index >= 15 is 0 Å². The van der Waals surface area contributed by atoms with Gasteiger partial charge in [0.15, 0.2) is 0 Å². The van der Waals surface area contributed by atoms with E-state index in [9.17, 15) is 28.0 Å². The van der Waals surface area contributed by atoms with Gasteiger partial charge in [0.25, 0.3) is 5.91 Å². The van der Waals surface area contributed by atoms with E-state index < -0.39 is 29.5 Å². The van der Waals surface area contributed by atoms with Crippen molar-refractivity contribution in [3.63, 3.8) is 0 Å². The van der Waals surface area contributed by atoms with Gasteiger partial charge in [-0.3, -0.25) is 33.5 Å². The van der Waals surface area contributed by atoms with Crippen LogP contribution >= 0.6 is 0 Å². The number of piperidine rings is 2. The van der Waals surface area contributed by atoms with Gasteiger partial charge in [-0.15, -0.1) is 0 Å². The number of hydrogen-bond donors (Lipinski definition) is 2. The number of halogens is 2. The molecule has 1 atom stereocenters. The molecule has 3 aromatic carbocycles. The fraction of sp³-hybridized carbons (Fsp3) is 0.439. The fourth-order valence-electron chi connectivity index (χ4n) is 8.98. The average molecular weight is 769 g/mol. The molecule has 13 nitrogen and oxygen atoms in total. The lowest BCUT2D eigenvalue weighted by Gasteiger charge is -2.40. The Labute approximate surface area is 322 Å². The number of methoxy groups -OCH3 is 1. The summed E-state index contributed by atoms with van der Waals surface area (Å²) >= 11 is 0. The van der Waals surface area contributed by atoms with Crippen LogP contribution < -0.4 is 26.0 Å². The summed E-state index contributed by atoms with van der Waals surface area (Å²) in [5.41, 5.74) is 2.91. The normalized spacial score (nSPS) is 20.9. The summed E-state index contributed by atoms with van der Waals surface area (Å²) in [6, 6.07) is 12.1. The van der Waals surface area contributed by atoms with Gasteiger partial charge >= 0.3 is 5.69 Å². The number of ether oxygens (including phenoxy) is 1. The number of fused-ring (bicyclic) bond motifs is 2. The first-order valence-electron chi connectivity index (χ1n) is 19.3. The predicted molar refractivity (Wildman–Crippen MR) is 208 cm³/mol. The zero-order valence-corrected chi connectivity index (χ0v) is 31.8. The van der Waals surface area contributed by atoms with Gasteiger partial charge in [-0.1, -0.05) is 6.07 Å². The van der Waals surface area contributed by atoms with Gasteiger partial charge < -0.3 is 19.9 Å². The van der Waals surface area contributed by atoms with Crippen LogP contribution in [0.25, 0.3) is 21.9 Å². The highest BCUT2D eigenvalue weighted by Gasteiger charge is 2.33. The topological polar surface area (TPSA) is 136 Å². The molecule has 2 N–H and O–H groups in total. The Morgan fingerprint density at radius 1 is 1.00 bits per heavy atom. The lowest BCUT2D eigenvalue weighted by Crippen LogP contribution is -2.45. The molecule has 3 fully saturated rings. The van der Waals surface area contributed by atoms with Gasteiger partial charge in [0, 0.05) is 56.8 Å². The molecular formula is C41H46F2N8O5. The molecule has 4 heterocycles. The summed E-state index contributed by atoms with van der Waals surface area (Å²) in [4.78, 5) is 55.6. The van der Waals surface area contributed by atoms with Crippen LogP contribution in [0.1, 0.15) is 73.8 Å². The largest absolute Gasteiger partial charge is 0.494 e. The van der Waals surface area contributed by atoms with Crippen LogP contribution in [0.15, 0.2) is 59.5 Å². The highest BCUT2D eigenvalue weighted by atomic mass is 19.1. The number of nitrogens with one attached hydrogen (secondary N) is 2. The van der Waals surface area contributed by atoms with E-state index in [0.29, 0.717) is 35.3 Å². The lowest BCUT2D eigenvalue weighted by atomic mass is 9.85. The average Bonchev–Trinajstić information content (AvgIpc) is 3.72. The van der Waals surface area contributed by atoms with Gasteiger partial charge in [0.05, 0.1) is 46.6 Å². The van der Waals surface area contributed by atoms with Crippen molar-refractivity contribution in [2.45, 2.75) is 69.5 Å². The molecule has 2 aliphatic heterocycles. The number of aryl methyl sites for hydroxylation is 1. The van der Waals surface area contributed by atoms with Gasteiger partial charge in [0.2, 0.25) is 11.8 Å². The maximum atomic E-state index is 14.3. The van der Waals surface area contributed by atoms with Crippen molar-refractivity contribution in [3.8, 4) is 5.75 Å². The molecule has 3 amide bonds. The van der Waals surface area contributed by atoms with Crippen LogP contribution in [0.5, 0.6) is 5.75 Å². The smallest absolute Gasteiger partial charge is 0.329 e. The molecule has 2 saturated heterocycles. The number of anilines is 2. The highest BCUT2D eigenvalue weighted by Crippen LogP contribution is 2.37. The molecule has 56 heavy (non-hydrogen) atoms. The Bertz CT molecular complexity index is 2390. The standard InChI is InChI=1S/C41H46F2N8O5/c1-47(27-15-17-49(18-16-27)33-5-4-6-34-38(33)48(2)41(55)51(34)35-13-14-37(52)45-40(35)54)22-24-7-10-28(11-8-24)50-23-25-19-32(36(56-3)21-31(25)46-50)44-39(53)29-20-26(42)9-12-30(29)43/h4-6,9,12,19-21,23-24,27-28,35H,7-8,10-11,13-18,22H2,1-3H3,(H,44,53)(H,45,52,54)/t24-,28-,35?. The molecule has 1 saturated carbocycles. The number of hydrogen-bond acceptors (Lipinski definition) is 8. The number of rotatable bonds is 9. The first-order chi connectivity index (χ1) is 27.0. The third kappa shape index (κ3) is 7.04. The molecule has 294 valence electrons. The summed E-state index contributed by atoms with van der Waals surface area (Å²) in [5, 5.41) is 10.7. The summed E-state index contributed by atoms with van der Waals surface area (Å²) in [5.74, 6) is -2.09. The van der Waals surface area contributed by atoms with E-state index in [2.05, 4.69) is 27.5 Å². The number of carbonyl (C=O) groups is 3. The molecule has 1 aliphatic carbocycles. The zero-order valence-electron chi connectivity index (χ0n) is 31.8. The minimum absolute atomic E-state index is 0.205. The molecule has 8 rings (SSSR count). The predicted octanol–water partition coefficient (Wildman–Crippen LogP) is 5.54. The second-order valence-corrected chi connectivity index (χ2v) is 15.5. The first-order valence-corrected chi connectivity index (χ1v) is 19.3. The van der Waals surface area contributed by atoms with Gasteiger partial charge in [-0.2, -0.15) is 5.10 Å². The van der Waals surface area contributed by atoms with Crippen molar-refractivity contribution in [2.24, 2.45) is 13.0 Å². The minimum atomic E-state index is -0.814. The molecule has 5 aromatic rings. The Morgan fingerprint density at radius 3 is 2.50 bits per heavy atom. The highest BCUT2D eigenvalue weighted by molar-refractivity contribution is 6.06. The molecular weight excluding hydrogens is 722 g/mol. The van der Waals surface area contributed by atoms with Crippen molar-refractivity contribution in [2.75, 3.05) is 44.0 Å². The van der Waals surface area contributed by atoms with Crippen molar-refractivity contribution in [3.05, 3.63) is 82.4 Å². The second kappa shape index (κ2) is 15.2. The van der Waals surface area contributed by atoms with Crippen LogP contribution in [0.4, 0.5) is 20.2 Å². The van der Waals surface area contributed by atoms with Crippen molar-refractivity contribution < 1.29 is 27.9 Å². The number of aromatic nitrogens is 4. The number of imide groups is 1. The van der Waals surface area contributed by atoms with E-state index in [0.717, 1.165) is 98.5 Å². The summed E-state index contributed by atoms with van der Waals surface area (Å²) in [7, 11) is 5.45. The molecule has 2 aromatic heterocycles. The Balaban J connectivity index is 0.870. The number of benzene rings is 3. The van der Waals surface area contributed by atoms with Gasteiger partial charge in [0.1, 0.15) is 23.4 Å². The first kappa shape index (κ1) is 37.4. The zero-order chi connectivity index (χ0) is 39.2. The van der Waals surface area contributed by atoms with Gasteiger partial charge in [-0.05, 0) is 94.3 Å². The van der Waals surface area contributed by atoms with E-state index in [-0.39, 0.29) is 29.6 Å². The van der Waals surface area contributed by atoms with Crippen LogP contribution in [0.2, 0.25) is 0 Å². The quantitative estimate of drug-likeness (QED) is 0.187. The molecule has 3 aliphatic rings. The van der Waals surface area contributed by atoms with Crippen LogP contribution in [0, 0.1) is 17.6 Å². The van der Waals surface area contributed by atoms with E-state index in [4.69, 9.17) is 9.84 Å². The van der Waals surface area contributed by atoms with E-state index in [1.54, 1.807) is 28.3 Å². The number of para-hydroxylation sites is 1. The van der Waals surface area contributed by atoms with Gasteiger partial charge in [-0.25, -0.2) is 13.6 Å². The van der Waals surface area contributed by atoms with Crippen molar-refractivity contribution in [1.82, 2.24) is 29.1 Å². The summed E-state index contributed by atoms with van der Waals surface area (Å²) < 4.78 is 38.7. The minimum Gasteiger partial charge on any atom is -0.494 e. The van der Waals surface area contributed by atoms with Crippen molar-refractivity contribution in [1.29, 1.82) is 0 Å². The molecule has 15 heteroatoms. The number of amides is 3.